The van der Waals surface area contributed by atoms with E-state index < -0.39 is 16.2 Å². The second-order valence-corrected chi connectivity index (χ2v) is 6.29. The average Bonchev–Trinajstić information content (AvgIpc) is 2.54. The van der Waals surface area contributed by atoms with Gasteiger partial charge in [-0.1, -0.05) is 37.3 Å². The molecule has 0 aromatic heterocycles. The number of aliphatic hydroxyl groups excluding tert-OH is 1. The van der Waals surface area contributed by atoms with Gasteiger partial charge in [-0.05, 0) is 36.4 Å². The lowest BCUT2D eigenvalue weighted by Crippen LogP contribution is -2.20. The number of nitrogens with one attached hydrogen (secondary N) is 1. The summed E-state index contributed by atoms with van der Waals surface area (Å²) in [5.74, 6) is 0.211. The van der Waals surface area contributed by atoms with E-state index in [4.69, 9.17) is 4.18 Å². The molecule has 5 nitrogen and oxygen atoms in total. The van der Waals surface area contributed by atoms with Crippen molar-refractivity contribution in [2.24, 2.45) is 0 Å². The molecule has 0 bridgehead atoms. The van der Waals surface area contributed by atoms with E-state index in [9.17, 15) is 13.5 Å². The molecule has 2 aromatic carbocycles. The normalized spacial score (nSPS) is 12.8. The fraction of sp³-hybridized carbons (Fsp3) is 0.250. The molecule has 0 radical (unpaired) electrons. The van der Waals surface area contributed by atoms with Crippen LogP contribution in [0, 0.1) is 0 Å². The fourth-order valence-electron chi connectivity index (χ4n) is 1.91. The third-order valence-corrected chi connectivity index (χ3v) is 4.35. The second-order valence-electron chi connectivity index (χ2n) is 4.74. The minimum atomic E-state index is -3.84. The van der Waals surface area contributed by atoms with Crippen molar-refractivity contribution in [3.63, 3.8) is 0 Å². The Morgan fingerprint density at radius 2 is 1.73 bits per heavy atom. The summed E-state index contributed by atoms with van der Waals surface area (Å²) in [6, 6.07) is 14.3. The van der Waals surface area contributed by atoms with Crippen molar-refractivity contribution in [2.45, 2.75) is 17.9 Å². The van der Waals surface area contributed by atoms with Crippen LogP contribution in [-0.2, 0) is 10.1 Å². The largest absolute Gasteiger partial charge is 0.387 e. The molecule has 0 saturated carbocycles. The SMILES string of the molecule is CCNC[C@@H](O)c1ccc(OS(=O)(=O)c2ccccc2)cc1. The van der Waals surface area contributed by atoms with Crippen LogP contribution in [0.5, 0.6) is 5.75 Å². The van der Waals surface area contributed by atoms with Gasteiger partial charge in [0.2, 0.25) is 0 Å². The van der Waals surface area contributed by atoms with Crippen molar-refractivity contribution in [2.75, 3.05) is 13.1 Å². The van der Waals surface area contributed by atoms with Gasteiger partial charge in [0, 0.05) is 6.54 Å². The number of benzene rings is 2. The average molecular weight is 321 g/mol. The summed E-state index contributed by atoms with van der Waals surface area (Å²) in [6.45, 7) is 3.17. The van der Waals surface area contributed by atoms with Crippen molar-refractivity contribution >= 4 is 10.1 Å². The van der Waals surface area contributed by atoms with Crippen molar-refractivity contribution < 1.29 is 17.7 Å². The maximum Gasteiger partial charge on any atom is 0.339 e. The lowest BCUT2D eigenvalue weighted by Gasteiger charge is -2.12. The fourth-order valence-corrected chi connectivity index (χ4v) is 2.86. The van der Waals surface area contributed by atoms with Gasteiger partial charge in [-0.25, -0.2) is 0 Å². The molecule has 1 atom stereocenters. The first kappa shape index (κ1) is 16.5. The number of hydrogen-bond acceptors (Lipinski definition) is 5. The number of hydrogen-bond donors (Lipinski definition) is 2. The number of aliphatic hydroxyl groups is 1. The Hall–Kier alpha value is -1.89. The van der Waals surface area contributed by atoms with Gasteiger partial charge >= 0.3 is 10.1 Å². The summed E-state index contributed by atoms with van der Waals surface area (Å²) < 4.78 is 29.2. The molecule has 0 aliphatic heterocycles. The van der Waals surface area contributed by atoms with Crippen LogP contribution in [0.1, 0.15) is 18.6 Å². The molecule has 0 aliphatic carbocycles. The molecule has 0 unspecified atom stereocenters. The molecule has 0 spiro atoms. The molecule has 0 fully saturated rings. The molecule has 2 rings (SSSR count). The van der Waals surface area contributed by atoms with Crippen LogP contribution in [-0.4, -0.2) is 26.6 Å². The third-order valence-electron chi connectivity index (χ3n) is 3.09. The quantitative estimate of drug-likeness (QED) is 0.764. The first-order valence-electron chi connectivity index (χ1n) is 7.01. The lowest BCUT2D eigenvalue weighted by atomic mass is 10.1. The minimum absolute atomic E-state index is 0.103. The Morgan fingerprint density at radius 1 is 1.09 bits per heavy atom. The highest BCUT2D eigenvalue weighted by molar-refractivity contribution is 7.87. The van der Waals surface area contributed by atoms with Gasteiger partial charge in [-0.3, -0.25) is 0 Å². The molecule has 2 aromatic rings. The predicted octanol–water partition coefficient (Wildman–Crippen LogP) is 2.10. The second kappa shape index (κ2) is 7.40. The Kier molecular flexibility index (Phi) is 5.54. The summed E-state index contributed by atoms with van der Waals surface area (Å²) in [5, 5.41) is 13.0. The van der Waals surface area contributed by atoms with Gasteiger partial charge in [-0.2, -0.15) is 8.42 Å². The summed E-state index contributed by atoms with van der Waals surface area (Å²) >= 11 is 0. The minimum Gasteiger partial charge on any atom is -0.387 e. The van der Waals surface area contributed by atoms with Crippen molar-refractivity contribution in [1.82, 2.24) is 5.32 Å². The van der Waals surface area contributed by atoms with E-state index in [0.717, 1.165) is 6.54 Å². The van der Waals surface area contributed by atoms with Crippen molar-refractivity contribution in [3.05, 3.63) is 60.2 Å². The summed E-state index contributed by atoms with van der Waals surface area (Å²) in [6.07, 6.45) is -0.639. The summed E-state index contributed by atoms with van der Waals surface area (Å²) in [7, 11) is -3.84. The van der Waals surface area contributed by atoms with E-state index >= 15 is 0 Å². The van der Waals surface area contributed by atoms with E-state index in [1.165, 1.54) is 24.3 Å². The van der Waals surface area contributed by atoms with Crippen LogP contribution in [0.4, 0.5) is 0 Å². The Bertz CT molecular complexity index is 684. The molecule has 0 saturated heterocycles. The highest BCUT2D eigenvalue weighted by atomic mass is 32.2. The van der Waals surface area contributed by atoms with Gasteiger partial charge in [-0.15, -0.1) is 0 Å². The molecule has 0 heterocycles. The zero-order valence-electron chi connectivity index (χ0n) is 12.3. The number of likely N-dealkylation sites (N-methyl/N-ethyl adjacent to an activating group) is 1. The Labute approximate surface area is 130 Å². The zero-order valence-corrected chi connectivity index (χ0v) is 13.1. The van der Waals surface area contributed by atoms with E-state index in [0.29, 0.717) is 12.1 Å². The zero-order chi connectivity index (χ0) is 16.0. The standard InChI is InChI=1S/C16H19NO4S/c1-2-17-12-16(18)13-8-10-14(11-9-13)21-22(19,20)15-6-4-3-5-7-15/h3-11,16-18H,2,12H2,1H3/t16-/m1/s1. The van der Waals surface area contributed by atoms with E-state index in [2.05, 4.69) is 5.32 Å². The Morgan fingerprint density at radius 3 is 2.32 bits per heavy atom. The van der Waals surface area contributed by atoms with Crippen molar-refractivity contribution in [1.29, 1.82) is 0 Å². The monoisotopic (exact) mass is 321 g/mol. The molecule has 22 heavy (non-hydrogen) atoms. The first-order valence-corrected chi connectivity index (χ1v) is 8.42. The van der Waals surface area contributed by atoms with Crippen LogP contribution in [0.15, 0.2) is 59.5 Å². The van der Waals surface area contributed by atoms with Gasteiger partial charge in [0.15, 0.2) is 0 Å². The molecular formula is C16H19NO4S. The summed E-state index contributed by atoms with van der Waals surface area (Å²) in [5.41, 5.74) is 0.699. The van der Waals surface area contributed by atoms with Crippen LogP contribution < -0.4 is 9.50 Å². The van der Waals surface area contributed by atoms with E-state index in [1.54, 1.807) is 30.3 Å². The van der Waals surface area contributed by atoms with Gasteiger partial charge in [0.25, 0.3) is 0 Å². The van der Waals surface area contributed by atoms with Gasteiger partial charge in [0.05, 0.1) is 6.10 Å². The first-order chi connectivity index (χ1) is 10.5. The van der Waals surface area contributed by atoms with Crippen LogP contribution in [0.3, 0.4) is 0 Å². The van der Waals surface area contributed by atoms with E-state index in [-0.39, 0.29) is 10.6 Å². The predicted molar refractivity (Wildman–Crippen MR) is 84.2 cm³/mol. The maximum atomic E-state index is 12.1. The molecule has 0 aliphatic rings. The summed E-state index contributed by atoms with van der Waals surface area (Å²) in [4.78, 5) is 0.103. The molecule has 118 valence electrons. The van der Waals surface area contributed by atoms with Crippen LogP contribution in [0.2, 0.25) is 0 Å². The molecular weight excluding hydrogens is 302 g/mol. The van der Waals surface area contributed by atoms with Crippen molar-refractivity contribution in [3.8, 4) is 5.75 Å². The highest BCUT2D eigenvalue weighted by Gasteiger charge is 2.16. The van der Waals surface area contributed by atoms with Gasteiger partial charge < -0.3 is 14.6 Å². The Balaban J connectivity index is 2.08. The molecule has 2 N–H and O–H groups in total. The van der Waals surface area contributed by atoms with Crippen LogP contribution in [0.25, 0.3) is 0 Å². The highest BCUT2D eigenvalue weighted by Crippen LogP contribution is 2.21. The maximum absolute atomic E-state index is 12.1. The lowest BCUT2D eigenvalue weighted by molar-refractivity contribution is 0.175. The van der Waals surface area contributed by atoms with Gasteiger partial charge in [0.1, 0.15) is 10.6 Å². The third kappa shape index (κ3) is 4.30. The molecule has 6 heteroatoms. The smallest absolute Gasteiger partial charge is 0.339 e. The number of rotatable bonds is 7. The topological polar surface area (TPSA) is 75.6 Å². The molecule has 0 amide bonds. The van der Waals surface area contributed by atoms with Crippen LogP contribution >= 0.6 is 0 Å². The van der Waals surface area contributed by atoms with E-state index in [1.807, 2.05) is 6.92 Å².